The number of para-hydroxylation sites is 1. The Labute approximate surface area is 168 Å². The van der Waals surface area contributed by atoms with Crippen LogP contribution in [0.3, 0.4) is 0 Å². The Morgan fingerprint density at radius 1 is 1.17 bits per heavy atom. The zero-order valence-electron chi connectivity index (χ0n) is 16.4. The van der Waals surface area contributed by atoms with Crippen molar-refractivity contribution in [1.29, 1.82) is 0 Å². The van der Waals surface area contributed by atoms with Gasteiger partial charge in [0.05, 0.1) is 6.33 Å². The molecule has 5 rings (SSSR count). The average Bonchev–Trinajstić information content (AvgIpc) is 3.19. The van der Waals surface area contributed by atoms with Crippen LogP contribution in [-0.4, -0.2) is 49.0 Å². The van der Waals surface area contributed by atoms with Gasteiger partial charge in [0.15, 0.2) is 11.5 Å². The number of amides is 1. The number of aryl methyl sites for hydroxylation is 1. The van der Waals surface area contributed by atoms with Gasteiger partial charge in [-0.15, -0.1) is 0 Å². The van der Waals surface area contributed by atoms with Crippen LogP contribution in [0.1, 0.15) is 37.8 Å². The van der Waals surface area contributed by atoms with E-state index in [1.807, 2.05) is 24.0 Å². The van der Waals surface area contributed by atoms with Gasteiger partial charge in [-0.1, -0.05) is 18.2 Å². The first kappa shape index (κ1) is 17.9. The minimum atomic E-state index is -0.406. The van der Waals surface area contributed by atoms with Crippen LogP contribution in [0.25, 0.3) is 11.2 Å². The van der Waals surface area contributed by atoms with Crippen molar-refractivity contribution in [3.05, 3.63) is 42.5 Å². The molecule has 29 heavy (non-hydrogen) atoms. The van der Waals surface area contributed by atoms with E-state index in [0.29, 0.717) is 30.1 Å². The molecule has 1 unspecified atom stereocenters. The summed E-state index contributed by atoms with van der Waals surface area (Å²) < 4.78 is 8.18. The lowest BCUT2D eigenvalue weighted by Crippen LogP contribution is -2.52. The lowest BCUT2D eigenvalue weighted by atomic mass is 9.83. The molecule has 1 spiro atoms. The van der Waals surface area contributed by atoms with Crippen molar-refractivity contribution in [3.63, 3.8) is 0 Å². The van der Waals surface area contributed by atoms with E-state index >= 15 is 0 Å². The minimum Gasteiger partial charge on any atom is -0.487 e. The van der Waals surface area contributed by atoms with Crippen LogP contribution in [0.2, 0.25) is 0 Å². The van der Waals surface area contributed by atoms with Crippen molar-refractivity contribution in [1.82, 2.24) is 24.4 Å². The third-order valence-corrected chi connectivity index (χ3v) is 6.30. The molecule has 4 heterocycles. The number of hydrogen-bond donors (Lipinski definition) is 1. The molecule has 2 aromatic heterocycles. The Kier molecular flexibility index (Phi) is 4.15. The minimum absolute atomic E-state index is 0.0625. The number of carbonyl (C=O) groups excluding carboxylic acids is 1. The van der Waals surface area contributed by atoms with E-state index in [2.05, 4.69) is 27.1 Å². The molecule has 1 saturated heterocycles. The van der Waals surface area contributed by atoms with Gasteiger partial charge in [-0.25, -0.2) is 15.0 Å². The molecule has 0 radical (unpaired) electrons. The third-order valence-electron chi connectivity index (χ3n) is 6.30. The maximum Gasteiger partial charge on any atom is 0.245 e. The summed E-state index contributed by atoms with van der Waals surface area (Å²) in [6.07, 6.45) is 6.74. The highest BCUT2D eigenvalue weighted by Gasteiger charge is 2.41. The summed E-state index contributed by atoms with van der Waals surface area (Å²) in [5.74, 6) is 1.38. The fourth-order valence-corrected chi connectivity index (χ4v) is 4.48. The average molecular weight is 392 g/mol. The SMILES string of the molecule is CC(C(=O)N1CCC2(CCc3ccccc3O2)CC1)n1cnc2c(N)ncnc21. The normalized spacial score (nSPS) is 19.0. The molecule has 150 valence electrons. The topological polar surface area (TPSA) is 99.2 Å². The van der Waals surface area contributed by atoms with E-state index in [4.69, 9.17) is 10.5 Å². The predicted octanol–water partition coefficient (Wildman–Crippen LogP) is 2.36. The number of nitrogens with zero attached hydrogens (tertiary/aromatic N) is 5. The zero-order chi connectivity index (χ0) is 20.0. The Balaban J connectivity index is 1.29. The molecule has 1 aromatic carbocycles. The summed E-state index contributed by atoms with van der Waals surface area (Å²) in [5.41, 5.74) is 8.10. The van der Waals surface area contributed by atoms with Crippen LogP contribution in [0.5, 0.6) is 5.75 Å². The van der Waals surface area contributed by atoms with Gasteiger partial charge in [0, 0.05) is 25.9 Å². The number of carbonyl (C=O) groups is 1. The van der Waals surface area contributed by atoms with Gasteiger partial charge in [0.1, 0.15) is 29.2 Å². The van der Waals surface area contributed by atoms with E-state index in [1.165, 1.54) is 11.9 Å². The second-order valence-corrected chi connectivity index (χ2v) is 7.98. The van der Waals surface area contributed by atoms with Gasteiger partial charge in [0.25, 0.3) is 0 Å². The van der Waals surface area contributed by atoms with Gasteiger partial charge in [-0.2, -0.15) is 0 Å². The first-order valence-corrected chi connectivity index (χ1v) is 10.1. The first-order valence-electron chi connectivity index (χ1n) is 10.1. The van der Waals surface area contributed by atoms with Crippen LogP contribution < -0.4 is 10.5 Å². The monoisotopic (exact) mass is 392 g/mol. The number of rotatable bonds is 2. The fraction of sp³-hybridized carbons (Fsp3) is 0.429. The van der Waals surface area contributed by atoms with E-state index in [0.717, 1.165) is 31.4 Å². The lowest BCUT2D eigenvalue weighted by molar-refractivity contribution is -0.138. The number of nitrogen functional groups attached to an aromatic ring is 1. The fourth-order valence-electron chi connectivity index (χ4n) is 4.48. The molecule has 1 amide bonds. The molecule has 3 aromatic rings. The van der Waals surface area contributed by atoms with Gasteiger partial charge < -0.3 is 19.9 Å². The van der Waals surface area contributed by atoms with Crippen LogP contribution in [0.4, 0.5) is 5.82 Å². The maximum atomic E-state index is 13.2. The molecule has 2 aliphatic heterocycles. The largest absolute Gasteiger partial charge is 0.487 e. The molecule has 1 atom stereocenters. The number of nitrogens with two attached hydrogens (primary N) is 1. The number of benzene rings is 1. The summed E-state index contributed by atoms with van der Waals surface area (Å²) in [6.45, 7) is 3.25. The quantitative estimate of drug-likeness (QED) is 0.719. The Bertz CT molecular complexity index is 1070. The Morgan fingerprint density at radius 2 is 1.97 bits per heavy atom. The van der Waals surface area contributed by atoms with Crippen LogP contribution in [0, 0.1) is 0 Å². The number of likely N-dealkylation sites (tertiary alicyclic amines) is 1. The van der Waals surface area contributed by atoms with Gasteiger partial charge in [0.2, 0.25) is 5.91 Å². The summed E-state index contributed by atoms with van der Waals surface area (Å²) in [7, 11) is 0. The van der Waals surface area contributed by atoms with E-state index in [9.17, 15) is 4.79 Å². The summed E-state index contributed by atoms with van der Waals surface area (Å²) in [6, 6.07) is 7.85. The van der Waals surface area contributed by atoms with Crippen molar-refractivity contribution in [3.8, 4) is 5.75 Å². The number of anilines is 1. The van der Waals surface area contributed by atoms with Crippen LogP contribution in [0.15, 0.2) is 36.9 Å². The number of imidazole rings is 1. The number of hydrogen-bond acceptors (Lipinski definition) is 6. The standard InChI is InChI=1S/C21H24N6O2/c1-14(27-13-25-17-18(22)23-12-24-19(17)27)20(28)26-10-8-21(9-11-26)7-6-15-4-2-3-5-16(15)29-21/h2-5,12-14H,6-11H2,1H3,(H2,22,23,24). The number of fused-ring (bicyclic) bond motifs is 2. The molecule has 8 heteroatoms. The van der Waals surface area contributed by atoms with E-state index in [-0.39, 0.29) is 11.5 Å². The number of ether oxygens (including phenoxy) is 1. The number of piperidine rings is 1. The predicted molar refractivity (Wildman–Crippen MR) is 108 cm³/mol. The highest BCUT2D eigenvalue weighted by molar-refractivity contribution is 5.85. The Hall–Kier alpha value is -3.16. The number of aromatic nitrogens is 4. The molecule has 2 N–H and O–H groups in total. The second kappa shape index (κ2) is 6.72. The van der Waals surface area contributed by atoms with Gasteiger partial charge in [-0.05, 0) is 31.4 Å². The first-order chi connectivity index (χ1) is 14.1. The van der Waals surface area contributed by atoms with Crippen molar-refractivity contribution in [2.24, 2.45) is 0 Å². The molecule has 8 nitrogen and oxygen atoms in total. The van der Waals surface area contributed by atoms with Crippen LogP contribution in [-0.2, 0) is 11.2 Å². The van der Waals surface area contributed by atoms with Crippen LogP contribution >= 0.6 is 0 Å². The molecule has 0 saturated carbocycles. The molecular weight excluding hydrogens is 368 g/mol. The van der Waals surface area contributed by atoms with Gasteiger partial charge >= 0.3 is 0 Å². The van der Waals surface area contributed by atoms with Crippen molar-refractivity contribution in [2.45, 2.75) is 44.2 Å². The van der Waals surface area contributed by atoms with Crippen molar-refractivity contribution >= 4 is 22.9 Å². The second-order valence-electron chi connectivity index (χ2n) is 7.98. The van der Waals surface area contributed by atoms with E-state index < -0.39 is 6.04 Å². The summed E-state index contributed by atoms with van der Waals surface area (Å²) >= 11 is 0. The smallest absolute Gasteiger partial charge is 0.245 e. The van der Waals surface area contributed by atoms with Crippen molar-refractivity contribution in [2.75, 3.05) is 18.8 Å². The molecule has 0 bridgehead atoms. The molecule has 0 aliphatic carbocycles. The Morgan fingerprint density at radius 3 is 2.79 bits per heavy atom. The van der Waals surface area contributed by atoms with Gasteiger partial charge in [-0.3, -0.25) is 4.79 Å². The molecule has 1 fully saturated rings. The van der Waals surface area contributed by atoms with E-state index in [1.54, 1.807) is 10.9 Å². The molecule has 2 aliphatic rings. The highest BCUT2D eigenvalue weighted by Crippen LogP contribution is 2.39. The summed E-state index contributed by atoms with van der Waals surface area (Å²) in [5, 5.41) is 0. The molecular formula is C21H24N6O2. The maximum absolute atomic E-state index is 13.2. The highest BCUT2D eigenvalue weighted by atomic mass is 16.5. The lowest BCUT2D eigenvalue weighted by Gasteiger charge is -2.45. The third kappa shape index (κ3) is 2.99. The summed E-state index contributed by atoms with van der Waals surface area (Å²) in [4.78, 5) is 27.6. The zero-order valence-corrected chi connectivity index (χ0v) is 16.4. The van der Waals surface area contributed by atoms with Crippen molar-refractivity contribution < 1.29 is 9.53 Å².